The van der Waals surface area contributed by atoms with Crippen molar-refractivity contribution in [1.82, 2.24) is 0 Å². The van der Waals surface area contributed by atoms with E-state index in [2.05, 4.69) is 16.7 Å². The van der Waals surface area contributed by atoms with E-state index in [1.807, 2.05) is 18.2 Å². The van der Waals surface area contributed by atoms with Crippen LogP contribution in [-0.4, -0.2) is 25.2 Å². The van der Waals surface area contributed by atoms with Crippen molar-refractivity contribution in [1.29, 1.82) is 5.26 Å². The predicted molar refractivity (Wildman–Crippen MR) is 94.9 cm³/mol. The van der Waals surface area contributed by atoms with E-state index in [-0.39, 0.29) is 5.91 Å². The van der Waals surface area contributed by atoms with Gasteiger partial charge < -0.3 is 20.1 Å². The molecular formula is C19H19N3O3. The molecule has 2 N–H and O–H groups in total. The van der Waals surface area contributed by atoms with Crippen LogP contribution in [0.4, 0.5) is 11.4 Å². The van der Waals surface area contributed by atoms with Gasteiger partial charge in [-0.05, 0) is 31.2 Å². The Morgan fingerprint density at radius 3 is 2.72 bits per heavy atom. The molecule has 1 aliphatic heterocycles. The Hall–Kier alpha value is -3.20. The number of nitrogens with one attached hydrogen (secondary N) is 2. The number of benzene rings is 2. The number of carbonyl (C=O) groups is 1. The zero-order chi connectivity index (χ0) is 17.6. The third-order valence-corrected chi connectivity index (χ3v) is 3.83. The van der Waals surface area contributed by atoms with Crippen LogP contribution in [0.2, 0.25) is 0 Å². The van der Waals surface area contributed by atoms with E-state index in [0.29, 0.717) is 36.0 Å². The average Bonchev–Trinajstić information content (AvgIpc) is 2.87. The topological polar surface area (TPSA) is 83.4 Å². The molecule has 3 rings (SSSR count). The molecule has 0 radical (unpaired) electrons. The van der Waals surface area contributed by atoms with E-state index in [1.54, 1.807) is 31.2 Å². The standard InChI is InChI=1S/C19H19N3O3/c1-13(19(23)22-16-6-3-2-5-14(16)12-20)21-15-7-8-17-18(11-15)25-10-4-9-24-17/h2-3,5-8,11,13,21H,4,9-10H2,1H3,(H,22,23)/t13-/m0/s1. The highest BCUT2D eigenvalue weighted by Crippen LogP contribution is 2.32. The maximum absolute atomic E-state index is 12.4. The molecule has 0 aliphatic carbocycles. The van der Waals surface area contributed by atoms with Gasteiger partial charge in [-0.25, -0.2) is 0 Å². The number of amides is 1. The van der Waals surface area contributed by atoms with Crippen LogP contribution < -0.4 is 20.1 Å². The van der Waals surface area contributed by atoms with Gasteiger partial charge in [-0.2, -0.15) is 5.26 Å². The van der Waals surface area contributed by atoms with Crippen molar-refractivity contribution in [2.75, 3.05) is 23.8 Å². The molecule has 25 heavy (non-hydrogen) atoms. The summed E-state index contributed by atoms with van der Waals surface area (Å²) in [5, 5.41) is 15.0. The second kappa shape index (κ2) is 7.58. The highest BCUT2D eigenvalue weighted by molar-refractivity contribution is 5.97. The number of nitriles is 1. The Labute approximate surface area is 146 Å². The number of carbonyl (C=O) groups excluding carboxylic acids is 1. The minimum absolute atomic E-state index is 0.227. The van der Waals surface area contributed by atoms with Gasteiger partial charge in [0, 0.05) is 18.2 Å². The number of fused-ring (bicyclic) bond motifs is 1. The maximum atomic E-state index is 12.4. The molecule has 0 aromatic heterocycles. The van der Waals surface area contributed by atoms with Crippen LogP contribution >= 0.6 is 0 Å². The minimum Gasteiger partial charge on any atom is -0.490 e. The molecule has 6 nitrogen and oxygen atoms in total. The van der Waals surface area contributed by atoms with Gasteiger partial charge in [0.1, 0.15) is 12.1 Å². The summed E-state index contributed by atoms with van der Waals surface area (Å²) in [5.74, 6) is 1.16. The number of hydrogen-bond acceptors (Lipinski definition) is 5. The van der Waals surface area contributed by atoms with Crippen molar-refractivity contribution < 1.29 is 14.3 Å². The summed E-state index contributed by atoms with van der Waals surface area (Å²) in [6.45, 7) is 3.00. The number of ether oxygens (including phenoxy) is 2. The molecule has 0 bridgehead atoms. The molecule has 0 saturated carbocycles. The quantitative estimate of drug-likeness (QED) is 0.895. The summed E-state index contributed by atoms with van der Waals surface area (Å²) in [6, 6.07) is 14.0. The molecule has 2 aromatic carbocycles. The SMILES string of the molecule is C[C@H](Nc1ccc2c(c1)OCCCO2)C(=O)Nc1ccccc1C#N. The summed E-state index contributed by atoms with van der Waals surface area (Å²) in [7, 11) is 0. The lowest BCUT2D eigenvalue weighted by Gasteiger charge is -2.17. The van der Waals surface area contributed by atoms with Gasteiger partial charge in [0.25, 0.3) is 0 Å². The van der Waals surface area contributed by atoms with E-state index in [0.717, 1.165) is 12.1 Å². The second-order valence-electron chi connectivity index (χ2n) is 5.72. The first kappa shape index (κ1) is 16.7. The minimum atomic E-state index is -0.489. The van der Waals surface area contributed by atoms with Gasteiger partial charge in [0.2, 0.25) is 5.91 Å². The molecule has 6 heteroatoms. The first-order chi connectivity index (χ1) is 12.2. The first-order valence-electron chi connectivity index (χ1n) is 8.13. The fraction of sp³-hybridized carbons (Fsp3) is 0.263. The van der Waals surface area contributed by atoms with Crippen molar-refractivity contribution in [3.63, 3.8) is 0 Å². The molecule has 1 amide bonds. The lowest BCUT2D eigenvalue weighted by Crippen LogP contribution is -2.32. The molecule has 0 fully saturated rings. The van der Waals surface area contributed by atoms with Crippen molar-refractivity contribution in [2.45, 2.75) is 19.4 Å². The van der Waals surface area contributed by atoms with Gasteiger partial charge in [-0.15, -0.1) is 0 Å². The third-order valence-electron chi connectivity index (χ3n) is 3.83. The first-order valence-corrected chi connectivity index (χ1v) is 8.13. The Morgan fingerprint density at radius 2 is 1.92 bits per heavy atom. The number of hydrogen-bond donors (Lipinski definition) is 2. The number of para-hydroxylation sites is 1. The highest BCUT2D eigenvalue weighted by atomic mass is 16.5. The van der Waals surface area contributed by atoms with Gasteiger partial charge in [-0.3, -0.25) is 4.79 Å². The van der Waals surface area contributed by atoms with Crippen LogP contribution in [0.3, 0.4) is 0 Å². The van der Waals surface area contributed by atoms with E-state index < -0.39 is 6.04 Å². The summed E-state index contributed by atoms with van der Waals surface area (Å²) in [4.78, 5) is 12.4. The zero-order valence-corrected chi connectivity index (χ0v) is 13.9. The second-order valence-corrected chi connectivity index (χ2v) is 5.72. The van der Waals surface area contributed by atoms with Gasteiger partial charge in [-0.1, -0.05) is 12.1 Å². The van der Waals surface area contributed by atoms with E-state index >= 15 is 0 Å². The highest BCUT2D eigenvalue weighted by Gasteiger charge is 2.16. The lowest BCUT2D eigenvalue weighted by atomic mass is 10.2. The molecule has 128 valence electrons. The third kappa shape index (κ3) is 4.01. The van der Waals surface area contributed by atoms with Crippen LogP contribution in [0.15, 0.2) is 42.5 Å². The number of anilines is 2. The molecule has 0 saturated heterocycles. The van der Waals surface area contributed by atoms with Crippen molar-refractivity contribution in [3.8, 4) is 17.6 Å². The fourth-order valence-electron chi connectivity index (χ4n) is 2.50. The number of nitrogens with zero attached hydrogens (tertiary/aromatic N) is 1. The summed E-state index contributed by atoms with van der Waals surface area (Å²) >= 11 is 0. The molecular weight excluding hydrogens is 318 g/mol. The van der Waals surface area contributed by atoms with Crippen LogP contribution in [-0.2, 0) is 4.79 Å². The molecule has 0 unspecified atom stereocenters. The summed E-state index contributed by atoms with van der Waals surface area (Å²) < 4.78 is 11.3. The Morgan fingerprint density at radius 1 is 1.16 bits per heavy atom. The summed E-state index contributed by atoms with van der Waals surface area (Å²) in [6.07, 6.45) is 0.842. The maximum Gasteiger partial charge on any atom is 0.246 e. The Kier molecular flexibility index (Phi) is 5.05. The summed E-state index contributed by atoms with van der Waals surface area (Å²) in [5.41, 5.74) is 1.70. The van der Waals surface area contributed by atoms with Crippen LogP contribution in [0.1, 0.15) is 18.9 Å². The van der Waals surface area contributed by atoms with Gasteiger partial charge in [0.15, 0.2) is 11.5 Å². The predicted octanol–water partition coefficient (Wildman–Crippen LogP) is 3.16. The smallest absolute Gasteiger partial charge is 0.246 e. The van der Waals surface area contributed by atoms with Crippen molar-refractivity contribution >= 4 is 17.3 Å². The van der Waals surface area contributed by atoms with E-state index in [1.165, 1.54) is 0 Å². The average molecular weight is 337 g/mol. The number of rotatable bonds is 4. The van der Waals surface area contributed by atoms with E-state index in [4.69, 9.17) is 14.7 Å². The fourth-order valence-corrected chi connectivity index (χ4v) is 2.50. The van der Waals surface area contributed by atoms with Gasteiger partial charge in [0.05, 0.1) is 24.5 Å². The molecule has 1 atom stereocenters. The normalized spacial score (nSPS) is 13.9. The lowest BCUT2D eigenvalue weighted by molar-refractivity contribution is -0.116. The van der Waals surface area contributed by atoms with Crippen LogP contribution in [0.5, 0.6) is 11.5 Å². The van der Waals surface area contributed by atoms with Crippen LogP contribution in [0.25, 0.3) is 0 Å². The monoisotopic (exact) mass is 337 g/mol. The van der Waals surface area contributed by atoms with Gasteiger partial charge >= 0.3 is 0 Å². The van der Waals surface area contributed by atoms with Crippen LogP contribution in [0, 0.1) is 11.3 Å². The van der Waals surface area contributed by atoms with Crippen molar-refractivity contribution in [2.24, 2.45) is 0 Å². The molecule has 2 aromatic rings. The molecule has 1 aliphatic rings. The molecule has 1 heterocycles. The Balaban J connectivity index is 1.67. The largest absolute Gasteiger partial charge is 0.490 e. The Bertz CT molecular complexity index is 814. The van der Waals surface area contributed by atoms with Crippen molar-refractivity contribution in [3.05, 3.63) is 48.0 Å². The van der Waals surface area contributed by atoms with E-state index in [9.17, 15) is 4.79 Å². The molecule has 0 spiro atoms. The zero-order valence-electron chi connectivity index (χ0n) is 13.9.